The van der Waals surface area contributed by atoms with Gasteiger partial charge in [-0.1, -0.05) is 0 Å². The topological polar surface area (TPSA) is 108 Å². The van der Waals surface area contributed by atoms with Crippen molar-refractivity contribution < 1.29 is 19.4 Å². The Bertz CT molecular complexity index is 395. The Morgan fingerprint density at radius 2 is 2.09 bits per heavy atom. The van der Waals surface area contributed by atoms with Gasteiger partial charge in [0.15, 0.2) is 0 Å². The number of hydrazine groups is 1. The first kappa shape index (κ1) is 18.7. The Labute approximate surface area is 131 Å². The highest BCUT2D eigenvalue weighted by Gasteiger charge is 2.35. The van der Waals surface area contributed by atoms with Gasteiger partial charge in [0.1, 0.15) is 5.60 Å². The summed E-state index contributed by atoms with van der Waals surface area (Å²) in [7, 11) is 1.69. The Morgan fingerprint density at radius 1 is 1.45 bits per heavy atom. The summed E-state index contributed by atoms with van der Waals surface area (Å²) in [6.07, 6.45) is 0.285. The average Bonchev–Trinajstić information content (AvgIpc) is 2.76. The van der Waals surface area contributed by atoms with Crippen molar-refractivity contribution in [3.8, 4) is 0 Å². The minimum Gasteiger partial charge on any atom is -0.444 e. The van der Waals surface area contributed by atoms with Gasteiger partial charge in [-0.15, -0.1) is 0 Å². The molecule has 1 rings (SSSR count). The Kier molecular flexibility index (Phi) is 6.58. The van der Waals surface area contributed by atoms with Gasteiger partial charge in [0, 0.05) is 26.6 Å². The number of carbonyl (C=O) groups excluding carboxylic acids is 2. The Hall–Kier alpha value is -1.38. The minimum absolute atomic E-state index is 0.0789. The van der Waals surface area contributed by atoms with E-state index in [1.165, 1.54) is 5.01 Å². The van der Waals surface area contributed by atoms with Crippen LogP contribution in [0.2, 0.25) is 0 Å². The lowest BCUT2D eigenvalue weighted by molar-refractivity contribution is -0.133. The molecule has 1 aliphatic heterocycles. The number of nitrogens with two attached hydrogens (primary N) is 1. The van der Waals surface area contributed by atoms with Gasteiger partial charge in [0.2, 0.25) is 5.91 Å². The molecule has 0 bridgehead atoms. The molecule has 0 radical (unpaired) electrons. The highest BCUT2D eigenvalue weighted by Crippen LogP contribution is 2.19. The van der Waals surface area contributed by atoms with Gasteiger partial charge in [-0.25, -0.2) is 9.80 Å². The predicted octanol–water partition coefficient (Wildman–Crippen LogP) is -0.331. The van der Waals surface area contributed by atoms with Crippen molar-refractivity contribution in [2.24, 2.45) is 5.84 Å². The lowest BCUT2D eigenvalue weighted by atomic mass is 10.2. The lowest BCUT2D eigenvalue weighted by Gasteiger charge is -2.24. The fourth-order valence-electron chi connectivity index (χ4n) is 2.39. The zero-order chi connectivity index (χ0) is 16.9. The van der Waals surface area contributed by atoms with Crippen LogP contribution in [0.25, 0.3) is 0 Å². The molecule has 1 saturated heterocycles. The van der Waals surface area contributed by atoms with Crippen molar-refractivity contribution in [3.63, 3.8) is 0 Å². The van der Waals surface area contributed by atoms with Gasteiger partial charge in [0.05, 0.1) is 18.7 Å². The average molecular weight is 316 g/mol. The van der Waals surface area contributed by atoms with Gasteiger partial charge >= 0.3 is 6.09 Å². The van der Waals surface area contributed by atoms with Crippen molar-refractivity contribution in [2.75, 3.05) is 26.7 Å². The zero-order valence-corrected chi connectivity index (χ0v) is 13.8. The molecule has 8 heteroatoms. The predicted molar refractivity (Wildman–Crippen MR) is 81.8 cm³/mol. The van der Waals surface area contributed by atoms with Crippen LogP contribution in [0.15, 0.2) is 0 Å². The molecule has 0 saturated carbocycles. The van der Waals surface area contributed by atoms with Gasteiger partial charge < -0.3 is 20.1 Å². The third-order valence-corrected chi connectivity index (χ3v) is 3.34. The van der Waals surface area contributed by atoms with E-state index in [-0.39, 0.29) is 31.0 Å². The van der Waals surface area contributed by atoms with Crippen molar-refractivity contribution in [2.45, 2.75) is 51.3 Å². The molecule has 1 fully saturated rings. The first-order valence-corrected chi connectivity index (χ1v) is 7.48. The third-order valence-electron chi connectivity index (χ3n) is 3.34. The number of amides is 2. The Morgan fingerprint density at radius 3 is 2.59 bits per heavy atom. The second kappa shape index (κ2) is 7.75. The number of alkyl carbamates (subject to hydrolysis) is 1. The van der Waals surface area contributed by atoms with E-state index in [0.717, 1.165) is 0 Å². The highest BCUT2D eigenvalue weighted by atomic mass is 16.6. The monoisotopic (exact) mass is 316 g/mol. The lowest BCUT2D eigenvalue weighted by Crippen LogP contribution is -2.42. The fraction of sp³-hybridized carbons (Fsp3) is 0.857. The molecule has 8 nitrogen and oxygen atoms in total. The molecule has 22 heavy (non-hydrogen) atoms. The smallest absolute Gasteiger partial charge is 0.407 e. The van der Waals surface area contributed by atoms with E-state index in [1.807, 2.05) is 0 Å². The molecule has 128 valence electrons. The maximum absolute atomic E-state index is 12.2. The van der Waals surface area contributed by atoms with E-state index in [9.17, 15) is 14.7 Å². The first-order valence-electron chi connectivity index (χ1n) is 7.48. The van der Waals surface area contributed by atoms with Crippen LogP contribution in [0.4, 0.5) is 4.79 Å². The number of nitrogens with zero attached hydrogens (tertiary/aromatic N) is 2. The number of carbonyl (C=O) groups is 2. The van der Waals surface area contributed by atoms with E-state index < -0.39 is 11.7 Å². The Balaban J connectivity index is 2.53. The van der Waals surface area contributed by atoms with Crippen molar-refractivity contribution in [1.29, 1.82) is 0 Å². The van der Waals surface area contributed by atoms with Crippen LogP contribution in [0.5, 0.6) is 0 Å². The molecule has 1 heterocycles. The molecular weight excluding hydrogens is 288 g/mol. The molecule has 0 aromatic rings. The summed E-state index contributed by atoms with van der Waals surface area (Å²) < 4.78 is 5.20. The van der Waals surface area contributed by atoms with Crippen molar-refractivity contribution in [3.05, 3.63) is 0 Å². The summed E-state index contributed by atoms with van der Waals surface area (Å²) >= 11 is 0. The van der Waals surface area contributed by atoms with Crippen LogP contribution >= 0.6 is 0 Å². The van der Waals surface area contributed by atoms with Crippen LogP contribution < -0.4 is 11.2 Å². The fourth-order valence-corrected chi connectivity index (χ4v) is 2.39. The van der Waals surface area contributed by atoms with E-state index in [0.29, 0.717) is 19.5 Å². The number of hydrogen-bond donors (Lipinski definition) is 3. The van der Waals surface area contributed by atoms with Crippen LogP contribution in [0.1, 0.15) is 33.6 Å². The maximum atomic E-state index is 12.2. The quantitative estimate of drug-likeness (QED) is 0.473. The number of nitrogens with one attached hydrogen (secondary N) is 1. The second-order valence-corrected chi connectivity index (χ2v) is 6.69. The van der Waals surface area contributed by atoms with Gasteiger partial charge in [0.25, 0.3) is 0 Å². The number of aliphatic hydroxyl groups is 1. The number of ether oxygens (including phenoxy) is 1. The van der Waals surface area contributed by atoms with Gasteiger partial charge in [-0.2, -0.15) is 0 Å². The summed E-state index contributed by atoms with van der Waals surface area (Å²) in [6.45, 7) is 6.05. The largest absolute Gasteiger partial charge is 0.444 e. The van der Waals surface area contributed by atoms with E-state index in [2.05, 4.69) is 5.32 Å². The molecule has 2 amide bonds. The number of rotatable bonds is 5. The van der Waals surface area contributed by atoms with Crippen LogP contribution in [0, 0.1) is 0 Å². The molecule has 0 aromatic carbocycles. The minimum atomic E-state index is -0.569. The van der Waals surface area contributed by atoms with Crippen molar-refractivity contribution >= 4 is 12.0 Å². The summed E-state index contributed by atoms with van der Waals surface area (Å²) in [4.78, 5) is 25.5. The molecule has 2 unspecified atom stereocenters. The standard InChI is InChI=1S/C14H28N4O4/c1-14(2,3)22-13(21)16-10-7-11(9-19)18(8-10)12(20)5-6-17(4)15/h10-11,19H,5-9,15H2,1-4H3,(H,16,21). The van der Waals surface area contributed by atoms with Gasteiger partial charge in [-0.05, 0) is 27.2 Å². The highest BCUT2D eigenvalue weighted by molar-refractivity contribution is 5.77. The first-order chi connectivity index (χ1) is 10.1. The van der Waals surface area contributed by atoms with Gasteiger partial charge in [-0.3, -0.25) is 10.6 Å². The molecule has 0 aromatic heterocycles. The normalized spacial score (nSPS) is 22.0. The van der Waals surface area contributed by atoms with Crippen molar-refractivity contribution in [1.82, 2.24) is 15.2 Å². The molecule has 2 atom stereocenters. The van der Waals surface area contributed by atoms with Crippen LogP contribution in [0.3, 0.4) is 0 Å². The molecule has 0 spiro atoms. The van der Waals surface area contributed by atoms with Crippen LogP contribution in [-0.4, -0.2) is 71.4 Å². The summed E-state index contributed by atoms with van der Waals surface area (Å²) in [6, 6.07) is -0.498. The van der Waals surface area contributed by atoms with E-state index in [1.54, 1.807) is 32.7 Å². The second-order valence-electron chi connectivity index (χ2n) is 6.69. The molecule has 1 aliphatic rings. The third kappa shape index (κ3) is 6.17. The summed E-state index contributed by atoms with van der Waals surface area (Å²) in [5, 5.41) is 13.6. The maximum Gasteiger partial charge on any atom is 0.407 e. The summed E-state index contributed by atoms with van der Waals surface area (Å²) in [5.74, 6) is 5.42. The summed E-state index contributed by atoms with van der Waals surface area (Å²) in [5.41, 5.74) is -0.569. The van der Waals surface area contributed by atoms with Crippen LogP contribution in [-0.2, 0) is 9.53 Å². The number of likely N-dealkylation sites (tertiary alicyclic amines) is 1. The van der Waals surface area contributed by atoms with E-state index in [4.69, 9.17) is 10.6 Å². The number of aliphatic hydroxyl groups excluding tert-OH is 1. The number of hydrogen-bond acceptors (Lipinski definition) is 6. The SMILES string of the molecule is CN(N)CCC(=O)N1CC(NC(=O)OC(C)(C)C)CC1CO. The zero-order valence-electron chi connectivity index (χ0n) is 13.8. The molecule has 0 aliphatic carbocycles. The molecular formula is C14H28N4O4. The van der Waals surface area contributed by atoms with E-state index >= 15 is 0 Å². The molecule has 4 N–H and O–H groups in total.